The number of fused-ring (bicyclic) bond motifs is 5. The third-order valence-corrected chi connectivity index (χ3v) is 7.42. The van der Waals surface area contributed by atoms with E-state index in [1.54, 1.807) is 5.57 Å². The Bertz CT molecular complexity index is 518. The fourth-order valence-electron chi connectivity index (χ4n) is 5.69. The highest BCUT2D eigenvalue weighted by Crippen LogP contribution is 2.59. The Morgan fingerprint density at radius 1 is 1.20 bits per heavy atom. The van der Waals surface area contributed by atoms with Gasteiger partial charge in [-0.15, -0.1) is 0 Å². The lowest BCUT2D eigenvalue weighted by Crippen LogP contribution is -2.45. The Kier molecular flexibility index (Phi) is 3.03. The fraction of sp³-hybridized carbons (Fsp3) is 0.722. The molecule has 0 aromatic rings. The molecular formula is C18H23BrO. The summed E-state index contributed by atoms with van der Waals surface area (Å²) >= 11 is 3.68. The van der Waals surface area contributed by atoms with Crippen molar-refractivity contribution in [1.29, 1.82) is 0 Å². The van der Waals surface area contributed by atoms with E-state index in [4.69, 9.17) is 0 Å². The van der Waals surface area contributed by atoms with E-state index in [0.717, 1.165) is 37.0 Å². The number of rotatable bonds is 0. The zero-order valence-electron chi connectivity index (χ0n) is 12.2. The molecule has 2 fully saturated rings. The first-order chi connectivity index (χ1) is 9.59. The molecular weight excluding hydrogens is 312 g/mol. The predicted molar refractivity (Wildman–Crippen MR) is 84.5 cm³/mol. The summed E-state index contributed by atoms with van der Waals surface area (Å²) in [6, 6.07) is 0. The summed E-state index contributed by atoms with van der Waals surface area (Å²) in [5.74, 6) is 3.62. The molecule has 0 unspecified atom stereocenters. The molecule has 4 aliphatic rings. The van der Waals surface area contributed by atoms with Gasteiger partial charge in [0.2, 0.25) is 0 Å². The molecule has 108 valence electrons. The normalized spacial score (nSPS) is 47.0. The number of allylic oxidation sites excluding steroid dienone is 4. The van der Waals surface area contributed by atoms with Gasteiger partial charge in [-0.2, -0.15) is 0 Å². The highest BCUT2D eigenvalue weighted by Gasteiger charge is 2.55. The monoisotopic (exact) mass is 334 g/mol. The van der Waals surface area contributed by atoms with Gasteiger partial charge in [0.25, 0.3) is 0 Å². The Hall–Kier alpha value is -0.370. The number of halogens is 1. The minimum Gasteiger partial charge on any atom is -0.299 e. The third-order valence-electron chi connectivity index (χ3n) is 6.79. The minimum atomic E-state index is 0.0254. The number of Topliss-reactive ketones (excluding diaryl/α,β-unsaturated/α-hetero) is 1. The van der Waals surface area contributed by atoms with E-state index in [0.29, 0.717) is 11.7 Å². The molecule has 4 rings (SSSR count). The van der Waals surface area contributed by atoms with E-state index >= 15 is 0 Å². The Morgan fingerprint density at radius 3 is 2.90 bits per heavy atom. The van der Waals surface area contributed by atoms with Gasteiger partial charge in [-0.1, -0.05) is 28.9 Å². The number of carbonyl (C=O) groups excluding carboxylic acids is 1. The standard InChI is InChI=1S/C18H23BrO/c1-18-9-8-14-13-5-3-12(19)10-11(13)2-4-15(14)16(18)6-7-17(18)20/h2,10,13-16H,3-9H2,1H3/t13-,14+,15+,16-,18-/m0/s1. The molecule has 0 N–H and O–H groups in total. The molecule has 1 nitrogen and oxygen atoms in total. The summed E-state index contributed by atoms with van der Waals surface area (Å²) in [6.07, 6.45) is 13.0. The van der Waals surface area contributed by atoms with E-state index in [-0.39, 0.29) is 5.41 Å². The molecule has 5 atom stereocenters. The zero-order valence-corrected chi connectivity index (χ0v) is 13.8. The Morgan fingerprint density at radius 2 is 2.05 bits per heavy atom. The highest BCUT2D eigenvalue weighted by atomic mass is 79.9. The first-order valence-electron chi connectivity index (χ1n) is 8.19. The minimum absolute atomic E-state index is 0.0254. The lowest BCUT2D eigenvalue weighted by molar-refractivity contribution is -0.130. The van der Waals surface area contributed by atoms with Crippen LogP contribution in [-0.2, 0) is 4.79 Å². The van der Waals surface area contributed by atoms with Crippen LogP contribution in [-0.4, -0.2) is 5.78 Å². The van der Waals surface area contributed by atoms with Gasteiger partial charge >= 0.3 is 0 Å². The smallest absolute Gasteiger partial charge is 0.139 e. The fourth-order valence-corrected chi connectivity index (χ4v) is 6.18. The van der Waals surface area contributed by atoms with Crippen LogP contribution in [0.5, 0.6) is 0 Å². The van der Waals surface area contributed by atoms with E-state index in [1.165, 1.54) is 30.2 Å². The summed E-state index contributed by atoms with van der Waals surface area (Å²) < 4.78 is 1.37. The molecule has 0 radical (unpaired) electrons. The quantitative estimate of drug-likeness (QED) is 0.608. The van der Waals surface area contributed by atoms with Crippen LogP contribution in [0.25, 0.3) is 0 Å². The van der Waals surface area contributed by atoms with E-state index in [1.807, 2.05) is 0 Å². The van der Waals surface area contributed by atoms with Crippen LogP contribution in [0.3, 0.4) is 0 Å². The third kappa shape index (κ3) is 1.76. The first-order valence-corrected chi connectivity index (χ1v) is 8.98. The van der Waals surface area contributed by atoms with Gasteiger partial charge in [-0.3, -0.25) is 4.79 Å². The van der Waals surface area contributed by atoms with Crippen LogP contribution in [0.15, 0.2) is 22.2 Å². The zero-order chi connectivity index (χ0) is 13.9. The van der Waals surface area contributed by atoms with Gasteiger partial charge in [-0.05, 0) is 78.3 Å². The van der Waals surface area contributed by atoms with Gasteiger partial charge in [0, 0.05) is 11.8 Å². The second kappa shape index (κ2) is 4.56. The lowest BCUT2D eigenvalue weighted by atomic mass is 9.53. The van der Waals surface area contributed by atoms with Crippen molar-refractivity contribution in [3.63, 3.8) is 0 Å². The van der Waals surface area contributed by atoms with Crippen LogP contribution in [0.2, 0.25) is 0 Å². The summed E-state index contributed by atoms with van der Waals surface area (Å²) in [4.78, 5) is 12.3. The predicted octanol–water partition coefficient (Wildman–Crippen LogP) is 5.02. The highest BCUT2D eigenvalue weighted by molar-refractivity contribution is 9.11. The Balaban J connectivity index is 1.67. The summed E-state index contributed by atoms with van der Waals surface area (Å²) in [5, 5.41) is 0. The van der Waals surface area contributed by atoms with Gasteiger partial charge < -0.3 is 0 Å². The van der Waals surface area contributed by atoms with Crippen molar-refractivity contribution >= 4 is 21.7 Å². The van der Waals surface area contributed by atoms with E-state index in [2.05, 4.69) is 35.0 Å². The second-order valence-electron chi connectivity index (χ2n) is 7.53. The van der Waals surface area contributed by atoms with Crippen molar-refractivity contribution in [2.45, 2.75) is 51.9 Å². The van der Waals surface area contributed by atoms with Crippen LogP contribution >= 0.6 is 15.9 Å². The van der Waals surface area contributed by atoms with Crippen LogP contribution in [0.4, 0.5) is 0 Å². The SMILES string of the molecule is C[C@]12CC[C@H]3[C@@H](CC=C4C=C(Br)CC[C@@H]43)[C@@H]1CCC2=O. The molecule has 2 saturated carbocycles. The first kappa shape index (κ1) is 13.3. The van der Waals surface area contributed by atoms with Crippen molar-refractivity contribution in [1.82, 2.24) is 0 Å². The van der Waals surface area contributed by atoms with Crippen molar-refractivity contribution < 1.29 is 4.79 Å². The summed E-state index contributed by atoms with van der Waals surface area (Å²) in [7, 11) is 0. The van der Waals surface area contributed by atoms with Crippen LogP contribution in [0.1, 0.15) is 51.9 Å². The number of hydrogen-bond acceptors (Lipinski definition) is 1. The molecule has 0 aliphatic heterocycles. The van der Waals surface area contributed by atoms with E-state index < -0.39 is 0 Å². The average molecular weight is 335 g/mol. The van der Waals surface area contributed by atoms with Crippen molar-refractivity contribution in [2.24, 2.45) is 29.1 Å². The van der Waals surface area contributed by atoms with Gasteiger partial charge in [0.05, 0.1) is 0 Å². The number of hydrogen-bond donors (Lipinski definition) is 0. The van der Waals surface area contributed by atoms with Gasteiger partial charge in [0.15, 0.2) is 0 Å². The molecule has 0 bridgehead atoms. The van der Waals surface area contributed by atoms with Crippen molar-refractivity contribution in [2.75, 3.05) is 0 Å². The van der Waals surface area contributed by atoms with Crippen molar-refractivity contribution in [3.8, 4) is 0 Å². The number of ketones is 1. The van der Waals surface area contributed by atoms with E-state index in [9.17, 15) is 4.79 Å². The summed E-state index contributed by atoms with van der Waals surface area (Å²) in [5.41, 5.74) is 1.61. The van der Waals surface area contributed by atoms with Gasteiger partial charge in [-0.25, -0.2) is 0 Å². The van der Waals surface area contributed by atoms with Gasteiger partial charge in [0.1, 0.15) is 5.78 Å². The van der Waals surface area contributed by atoms with Crippen molar-refractivity contribution in [3.05, 3.63) is 22.2 Å². The molecule has 0 heterocycles. The average Bonchev–Trinajstić information content (AvgIpc) is 2.74. The second-order valence-corrected chi connectivity index (χ2v) is 8.55. The van der Waals surface area contributed by atoms with Crippen LogP contribution < -0.4 is 0 Å². The Labute approximate surface area is 130 Å². The molecule has 2 heteroatoms. The maximum Gasteiger partial charge on any atom is 0.139 e. The van der Waals surface area contributed by atoms with Crippen LogP contribution in [0, 0.1) is 29.1 Å². The lowest BCUT2D eigenvalue weighted by Gasteiger charge is -2.50. The maximum atomic E-state index is 12.3. The summed E-state index contributed by atoms with van der Waals surface area (Å²) in [6.45, 7) is 2.26. The largest absolute Gasteiger partial charge is 0.299 e. The maximum absolute atomic E-state index is 12.3. The molecule has 0 saturated heterocycles. The molecule has 0 aromatic carbocycles. The molecule has 0 spiro atoms. The number of carbonyl (C=O) groups is 1. The molecule has 0 aromatic heterocycles. The molecule has 20 heavy (non-hydrogen) atoms. The molecule has 4 aliphatic carbocycles. The topological polar surface area (TPSA) is 17.1 Å². The molecule has 0 amide bonds.